The van der Waals surface area contributed by atoms with E-state index in [1.807, 2.05) is 6.92 Å². The molecule has 1 aliphatic rings. The summed E-state index contributed by atoms with van der Waals surface area (Å²) in [5, 5.41) is 7.28. The molecule has 7 nitrogen and oxygen atoms in total. The number of aromatic nitrogens is 4. The van der Waals surface area contributed by atoms with Gasteiger partial charge in [-0.15, -0.1) is 4.68 Å². The molecule has 1 aromatic carbocycles. The minimum Gasteiger partial charge on any atom is -0.320 e. The molecule has 1 aliphatic carbocycles. The maximum atomic E-state index is 12.8. The Labute approximate surface area is 153 Å². The number of carbonyl (C=O) groups is 1. The van der Waals surface area contributed by atoms with Gasteiger partial charge in [-0.2, -0.15) is 17.9 Å². The fraction of sp³-hybridized carbons (Fsp3) is 0.529. The van der Waals surface area contributed by atoms with Gasteiger partial charge in [-0.3, -0.25) is 0 Å². The second kappa shape index (κ2) is 7.53. The van der Waals surface area contributed by atoms with Crippen LogP contribution >= 0.6 is 0 Å². The summed E-state index contributed by atoms with van der Waals surface area (Å²) in [7, 11) is 0. The molecular weight excluding hydrogens is 363 g/mol. The van der Waals surface area contributed by atoms with Crippen molar-refractivity contribution < 1.29 is 18.0 Å². The molecule has 0 saturated heterocycles. The lowest BCUT2D eigenvalue weighted by atomic mass is 9.94. The topological polar surface area (TPSA) is 73.0 Å². The number of benzene rings is 1. The summed E-state index contributed by atoms with van der Waals surface area (Å²) in [5.41, 5.74) is -1.54. The Balaban J connectivity index is 1.86. The summed E-state index contributed by atoms with van der Waals surface area (Å²) in [5.74, 6) is 0. The van der Waals surface area contributed by atoms with Crippen LogP contribution in [0, 0.1) is 0 Å². The highest BCUT2D eigenvalue weighted by Crippen LogP contribution is 2.29. The molecule has 27 heavy (non-hydrogen) atoms. The van der Waals surface area contributed by atoms with Crippen LogP contribution in [0.4, 0.5) is 18.0 Å². The van der Waals surface area contributed by atoms with E-state index >= 15 is 0 Å². The molecule has 0 unspecified atom stereocenters. The molecule has 1 amide bonds. The first-order chi connectivity index (χ1) is 12.8. The molecular formula is C17H20F3N5O2. The lowest BCUT2D eigenvalue weighted by Crippen LogP contribution is -2.46. The Morgan fingerprint density at radius 2 is 1.78 bits per heavy atom. The average Bonchev–Trinajstić information content (AvgIpc) is 3.04. The van der Waals surface area contributed by atoms with E-state index in [9.17, 15) is 22.8 Å². The van der Waals surface area contributed by atoms with Crippen LogP contribution in [0.1, 0.15) is 44.6 Å². The van der Waals surface area contributed by atoms with E-state index in [0.717, 1.165) is 61.1 Å². The normalized spacial score (nSPS) is 15.7. The number of alkyl halides is 3. The first-order valence-electron chi connectivity index (χ1n) is 8.86. The minimum absolute atomic E-state index is 0.0550. The van der Waals surface area contributed by atoms with Gasteiger partial charge >= 0.3 is 17.9 Å². The van der Waals surface area contributed by atoms with E-state index < -0.39 is 23.5 Å². The van der Waals surface area contributed by atoms with Crippen LogP contribution in [0.5, 0.6) is 0 Å². The monoisotopic (exact) mass is 383 g/mol. The first kappa shape index (κ1) is 19.1. The third-order valence-electron chi connectivity index (χ3n) is 4.80. The fourth-order valence-corrected chi connectivity index (χ4v) is 3.38. The lowest BCUT2D eigenvalue weighted by Gasteiger charge is -2.32. The van der Waals surface area contributed by atoms with Crippen LogP contribution in [0.25, 0.3) is 5.69 Å². The van der Waals surface area contributed by atoms with Crippen molar-refractivity contribution in [2.45, 2.75) is 51.2 Å². The van der Waals surface area contributed by atoms with E-state index in [1.165, 1.54) is 0 Å². The first-order valence-corrected chi connectivity index (χ1v) is 8.86. The van der Waals surface area contributed by atoms with Crippen molar-refractivity contribution in [3.8, 4) is 5.69 Å². The molecule has 0 spiro atoms. The molecule has 0 N–H and O–H groups in total. The van der Waals surface area contributed by atoms with Crippen molar-refractivity contribution in [2.24, 2.45) is 0 Å². The van der Waals surface area contributed by atoms with Gasteiger partial charge in [-0.1, -0.05) is 19.3 Å². The molecule has 1 fully saturated rings. The third-order valence-corrected chi connectivity index (χ3v) is 4.80. The maximum absolute atomic E-state index is 12.8. The van der Waals surface area contributed by atoms with Crippen molar-refractivity contribution in [1.29, 1.82) is 0 Å². The minimum atomic E-state index is -4.47. The van der Waals surface area contributed by atoms with Gasteiger partial charge in [0.25, 0.3) is 0 Å². The van der Waals surface area contributed by atoms with E-state index in [0.29, 0.717) is 11.2 Å². The van der Waals surface area contributed by atoms with Crippen LogP contribution in [-0.2, 0) is 6.18 Å². The standard InChI is InChI=1S/C17H20F3N5O2/c1-2-23(13-6-4-3-5-7-13)15(26)25-16(27)24(21-22-25)14-10-8-12(9-11-14)17(18,19)20/h8-11,13H,2-7H2,1H3. The molecule has 0 atom stereocenters. The van der Waals surface area contributed by atoms with Gasteiger partial charge in [0.05, 0.1) is 11.3 Å². The number of amides is 1. The molecule has 2 aromatic rings. The number of halogens is 3. The quantitative estimate of drug-likeness (QED) is 0.764. The Hall–Kier alpha value is -2.65. The van der Waals surface area contributed by atoms with Gasteiger partial charge < -0.3 is 4.90 Å². The summed E-state index contributed by atoms with van der Waals surface area (Å²) in [4.78, 5) is 26.9. The average molecular weight is 383 g/mol. The molecule has 0 radical (unpaired) electrons. The van der Waals surface area contributed by atoms with Crippen molar-refractivity contribution in [1.82, 2.24) is 24.7 Å². The zero-order valence-corrected chi connectivity index (χ0v) is 14.8. The number of nitrogens with zero attached hydrogens (tertiary/aromatic N) is 5. The van der Waals surface area contributed by atoms with E-state index in [-0.39, 0.29) is 11.7 Å². The SMILES string of the molecule is CCN(C(=O)n1nnn(-c2ccc(C(F)(F)F)cc2)c1=O)C1CCCCC1. The van der Waals surface area contributed by atoms with E-state index in [2.05, 4.69) is 10.4 Å². The van der Waals surface area contributed by atoms with Gasteiger partial charge in [0.2, 0.25) is 0 Å². The molecule has 1 saturated carbocycles. The van der Waals surface area contributed by atoms with Crippen LogP contribution < -0.4 is 5.69 Å². The molecule has 0 aliphatic heterocycles. The number of hydrogen-bond acceptors (Lipinski definition) is 4. The Bertz CT molecular complexity index is 851. The van der Waals surface area contributed by atoms with Crippen LogP contribution in [-0.4, -0.2) is 43.3 Å². The van der Waals surface area contributed by atoms with Crippen LogP contribution in [0.2, 0.25) is 0 Å². The van der Waals surface area contributed by atoms with Crippen molar-refractivity contribution >= 4 is 6.03 Å². The molecule has 10 heteroatoms. The van der Waals surface area contributed by atoms with Crippen LogP contribution in [0.15, 0.2) is 29.1 Å². The van der Waals surface area contributed by atoms with Crippen molar-refractivity contribution in [3.05, 3.63) is 40.3 Å². The van der Waals surface area contributed by atoms with Crippen LogP contribution in [0.3, 0.4) is 0 Å². The highest BCUT2D eigenvalue weighted by Gasteiger charge is 2.31. The van der Waals surface area contributed by atoms with Gasteiger partial charge in [0, 0.05) is 12.6 Å². The van der Waals surface area contributed by atoms with E-state index in [1.54, 1.807) is 4.90 Å². The van der Waals surface area contributed by atoms with Gasteiger partial charge in [-0.25, -0.2) is 9.59 Å². The highest BCUT2D eigenvalue weighted by molar-refractivity contribution is 5.75. The zero-order valence-electron chi connectivity index (χ0n) is 14.8. The molecule has 1 heterocycles. The summed E-state index contributed by atoms with van der Waals surface area (Å²) in [6, 6.07) is 3.43. The largest absolute Gasteiger partial charge is 0.416 e. The highest BCUT2D eigenvalue weighted by atomic mass is 19.4. The summed E-state index contributed by atoms with van der Waals surface area (Å²) in [6.45, 7) is 2.26. The Kier molecular flexibility index (Phi) is 5.33. The second-order valence-electron chi connectivity index (χ2n) is 6.49. The lowest BCUT2D eigenvalue weighted by molar-refractivity contribution is -0.137. The maximum Gasteiger partial charge on any atom is 0.416 e. The Morgan fingerprint density at radius 3 is 2.33 bits per heavy atom. The zero-order chi connectivity index (χ0) is 19.6. The molecule has 3 rings (SSSR count). The number of carbonyl (C=O) groups excluding carboxylic acids is 1. The second-order valence-corrected chi connectivity index (χ2v) is 6.49. The number of rotatable bonds is 3. The Morgan fingerprint density at radius 1 is 1.15 bits per heavy atom. The smallest absolute Gasteiger partial charge is 0.320 e. The molecule has 146 valence electrons. The molecule has 1 aromatic heterocycles. The third kappa shape index (κ3) is 3.88. The van der Waals surface area contributed by atoms with Gasteiger partial charge in [0.15, 0.2) is 0 Å². The molecule has 0 bridgehead atoms. The van der Waals surface area contributed by atoms with Gasteiger partial charge in [-0.05, 0) is 54.5 Å². The summed E-state index contributed by atoms with van der Waals surface area (Å²) < 4.78 is 39.5. The van der Waals surface area contributed by atoms with Crippen molar-refractivity contribution in [2.75, 3.05) is 6.54 Å². The van der Waals surface area contributed by atoms with E-state index in [4.69, 9.17) is 0 Å². The number of tetrazole rings is 1. The van der Waals surface area contributed by atoms with Crippen molar-refractivity contribution in [3.63, 3.8) is 0 Å². The number of hydrogen-bond donors (Lipinski definition) is 0. The summed E-state index contributed by atoms with van der Waals surface area (Å²) >= 11 is 0. The predicted octanol–water partition coefficient (Wildman–Crippen LogP) is 3.07. The predicted molar refractivity (Wildman–Crippen MR) is 90.7 cm³/mol. The summed E-state index contributed by atoms with van der Waals surface area (Å²) in [6.07, 6.45) is 0.469. The van der Waals surface area contributed by atoms with Gasteiger partial charge in [0.1, 0.15) is 0 Å². The fourth-order valence-electron chi connectivity index (χ4n) is 3.38.